The van der Waals surface area contributed by atoms with E-state index >= 15 is 0 Å². The third kappa shape index (κ3) is 5.21. The highest BCUT2D eigenvalue weighted by molar-refractivity contribution is 6.08. The Morgan fingerprint density at radius 1 is 1.10 bits per heavy atom. The second-order valence-corrected chi connectivity index (χ2v) is 11.2. The van der Waals surface area contributed by atoms with Crippen LogP contribution in [-0.2, 0) is 11.3 Å². The lowest BCUT2D eigenvalue weighted by atomic mass is 9.89. The number of carbonyl (C=O) groups excluding carboxylic acids is 2. The molecule has 1 atom stereocenters. The summed E-state index contributed by atoms with van der Waals surface area (Å²) in [4.78, 5) is 43.9. The number of piperidine rings is 1. The van der Waals surface area contributed by atoms with Crippen LogP contribution in [0, 0.1) is 25.7 Å². The first-order valence-electron chi connectivity index (χ1n) is 14.2. The van der Waals surface area contributed by atoms with Gasteiger partial charge in [-0.3, -0.25) is 14.4 Å². The second kappa shape index (κ2) is 11.3. The van der Waals surface area contributed by atoms with E-state index in [1.165, 1.54) is 20.0 Å². The lowest BCUT2D eigenvalue weighted by molar-refractivity contribution is -0.136. The molecule has 2 aliphatic rings. The Balaban J connectivity index is 1.35. The Bertz CT molecular complexity index is 1420. The Labute approximate surface area is 229 Å². The van der Waals surface area contributed by atoms with Gasteiger partial charge in [-0.1, -0.05) is 31.0 Å². The number of carbonyl (C=O) groups is 2. The van der Waals surface area contributed by atoms with Crippen LogP contribution in [-0.4, -0.2) is 46.5 Å². The lowest BCUT2D eigenvalue weighted by Gasteiger charge is -2.37. The number of H-pyrrole nitrogens is 1. The second-order valence-electron chi connectivity index (χ2n) is 11.2. The van der Waals surface area contributed by atoms with Crippen LogP contribution in [0.1, 0.15) is 78.8 Å². The molecule has 0 radical (unpaired) electrons. The first kappa shape index (κ1) is 27.0. The van der Waals surface area contributed by atoms with Crippen molar-refractivity contribution in [2.75, 3.05) is 20.2 Å². The number of pyridine rings is 1. The van der Waals surface area contributed by atoms with Crippen molar-refractivity contribution in [2.45, 2.75) is 71.9 Å². The topological polar surface area (TPSA) is 96.4 Å². The average Bonchev–Trinajstić information content (AvgIpc) is 3.57. The SMILES string of the molecule is COc1cc(C)[nH]c(=O)c1CNC(=O)c1c(C)n(C(C)C2CCN(C(=O)C3CCCC3)CC2)c2ccccc12. The molecule has 8 heteroatoms. The van der Waals surface area contributed by atoms with Gasteiger partial charge in [0.15, 0.2) is 0 Å². The molecule has 0 bridgehead atoms. The van der Waals surface area contributed by atoms with Crippen LogP contribution in [0.5, 0.6) is 5.75 Å². The average molecular weight is 533 g/mol. The van der Waals surface area contributed by atoms with Gasteiger partial charge in [0.2, 0.25) is 5.91 Å². The molecule has 2 N–H and O–H groups in total. The first-order valence-corrected chi connectivity index (χ1v) is 14.2. The van der Waals surface area contributed by atoms with Gasteiger partial charge in [0.05, 0.1) is 24.8 Å². The molecule has 1 saturated carbocycles. The van der Waals surface area contributed by atoms with E-state index in [4.69, 9.17) is 4.74 Å². The van der Waals surface area contributed by atoms with E-state index in [1.54, 1.807) is 13.0 Å². The highest BCUT2D eigenvalue weighted by atomic mass is 16.5. The largest absolute Gasteiger partial charge is 0.496 e. The summed E-state index contributed by atoms with van der Waals surface area (Å²) in [5.41, 5.74) is 3.41. The van der Waals surface area contributed by atoms with Crippen LogP contribution >= 0.6 is 0 Å². The minimum absolute atomic E-state index is 0.0691. The summed E-state index contributed by atoms with van der Waals surface area (Å²) < 4.78 is 7.69. The number of hydrogen-bond acceptors (Lipinski definition) is 4. The molecule has 0 spiro atoms. The summed E-state index contributed by atoms with van der Waals surface area (Å²) >= 11 is 0. The zero-order chi connectivity index (χ0) is 27.7. The van der Waals surface area contributed by atoms with Crippen molar-refractivity contribution in [1.29, 1.82) is 0 Å². The number of para-hydroxylation sites is 1. The van der Waals surface area contributed by atoms with Gasteiger partial charge in [0.1, 0.15) is 5.75 Å². The Kier molecular flexibility index (Phi) is 7.82. The fourth-order valence-electron chi connectivity index (χ4n) is 6.74. The molecular formula is C31H40N4O4. The molecule has 1 unspecified atom stereocenters. The number of aryl methyl sites for hydroxylation is 1. The number of nitrogens with zero attached hydrogens (tertiary/aromatic N) is 2. The summed E-state index contributed by atoms with van der Waals surface area (Å²) in [6.45, 7) is 7.72. The van der Waals surface area contributed by atoms with Gasteiger partial charge in [0.25, 0.3) is 11.5 Å². The summed E-state index contributed by atoms with van der Waals surface area (Å²) in [6.07, 6.45) is 6.36. The summed E-state index contributed by atoms with van der Waals surface area (Å²) in [6, 6.07) is 9.96. The number of amides is 2. The van der Waals surface area contributed by atoms with Gasteiger partial charge in [-0.05, 0) is 64.5 Å². The van der Waals surface area contributed by atoms with E-state index in [-0.39, 0.29) is 30.0 Å². The molecule has 1 aliphatic heterocycles. The first-order chi connectivity index (χ1) is 18.8. The normalized spacial score (nSPS) is 17.5. The highest BCUT2D eigenvalue weighted by Crippen LogP contribution is 2.36. The van der Waals surface area contributed by atoms with Crippen molar-refractivity contribution in [3.05, 3.63) is 63.2 Å². The predicted molar refractivity (Wildman–Crippen MR) is 152 cm³/mol. The van der Waals surface area contributed by atoms with Crippen LogP contribution in [0.4, 0.5) is 0 Å². The van der Waals surface area contributed by atoms with E-state index in [1.807, 2.05) is 25.1 Å². The number of likely N-dealkylation sites (tertiary alicyclic amines) is 1. The monoisotopic (exact) mass is 532 g/mol. The molecule has 8 nitrogen and oxygen atoms in total. The maximum Gasteiger partial charge on any atom is 0.256 e. The van der Waals surface area contributed by atoms with Gasteiger partial charge >= 0.3 is 0 Å². The molecule has 2 fully saturated rings. The van der Waals surface area contributed by atoms with Crippen molar-refractivity contribution in [3.8, 4) is 5.75 Å². The van der Waals surface area contributed by atoms with Crippen LogP contribution in [0.2, 0.25) is 0 Å². The maximum absolute atomic E-state index is 13.6. The number of aromatic nitrogens is 2. The summed E-state index contributed by atoms with van der Waals surface area (Å²) in [5, 5.41) is 3.86. The number of benzene rings is 1. The fourth-order valence-corrected chi connectivity index (χ4v) is 6.74. The predicted octanol–water partition coefficient (Wildman–Crippen LogP) is 4.87. The van der Waals surface area contributed by atoms with Crippen molar-refractivity contribution in [1.82, 2.24) is 19.8 Å². The Morgan fingerprint density at radius 2 is 1.79 bits per heavy atom. The van der Waals surface area contributed by atoms with Gasteiger partial charge in [-0.25, -0.2) is 0 Å². The minimum atomic E-state index is -0.266. The minimum Gasteiger partial charge on any atom is -0.496 e. The third-order valence-electron chi connectivity index (χ3n) is 8.90. The standard InChI is InChI=1S/C31H40N4O4/c1-19-17-27(39-4)25(29(36)33-19)18-32-30(37)28-21(3)35(26-12-8-7-11-24(26)28)20(2)22-13-15-34(16-14-22)31(38)23-9-5-6-10-23/h7-8,11-12,17,20,22-23H,5-6,9-10,13-16,18H2,1-4H3,(H,32,37)(H,33,36). The maximum atomic E-state index is 13.6. The zero-order valence-corrected chi connectivity index (χ0v) is 23.5. The number of aromatic amines is 1. The van der Waals surface area contributed by atoms with E-state index in [2.05, 4.69) is 32.8 Å². The Morgan fingerprint density at radius 3 is 2.49 bits per heavy atom. The number of hydrogen-bond donors (Lipinski definition) is 2. The third-order valence-corrected chi connectivity index (χ3v) is 8.90. The molecule has 1 aromatic carbocycles. The number of fused-ring (bicyclic) bond motifs is 1. The molecule has 3 aromatic rings. The highest BCUT2D eigenvalue weighted by Gasteiger charge is 2.33. The van der Waals surface area contributed by atoms with Crippen molar-refractivity contribution >= 4 is 22.7 Å². The summed E-state index contributed by atoms with van der Waals surface area (Å²) in [5.74, 6) is 1.24. The molecule has 2 amide bonds. The fraction of sp³-hybridized carbons (Fsp3) is 0.516. The quantitative estimate of drug-likeness (QED) is 0.454. The van der Waals surface area contributed by atoms with Crippen LogP contribution in [0.15, 0.2) is 35.1 Å². The van der Waals surface area contributed by atoms with Crippen molar-refractivity contribution in [3.63, 3.8) is 0 Å². The van der Waals surface area contributed by atoms with Crippen LogP contribution in [0.25, 0.3) is 10.9 Å². The molecule has 1 aliphatic carbocycles. The number of methoxy groups -OCH3 is 1. The molecule has 2 aromatic heterocycles. The lowest BCUT2D eigenvalue weighted by Crippen LogP contribution is -2.42. The van der Waals surface area contributed by atoms with E-state index in [0.717, 1.165) is 55.4 Å². The van der Waals surface area contributed by atoms with Gasteiger partial charge in [0, 0.05) is 47.3 Å². The summed E-state index contributed by atoms with van der Waals surface area (Å²) in [7, 11) is 1.52. The smallest absolute Gasteiger partial charge is 0.256 e. The number of nitrogens with one attached hydrogen (secondary N) is 2. The van der Waals surface area contributed by atoms with Crippen LogP contribution in [0.3, 0.4) is 0 Å². The molecule has 3 heterocycles. The molecule has 5 rings (SSSR count). The molecular weight excluding hydrogens is 492 g/mol. The van der Waals surface area contributed by atoms with Crippen molar-refractivity contribution < 1.29 is 14.3 Å². The van der Waals surface area contributed by atoms with Crippen LogP contribution < -0.4 is 15.6 Å². The Hall–Kier alpha value is -3.55. The van der Waals surface area contributed by atoms with Crippen molar-refractivity contribution in [2.24, 2.45) is 11.8 Å². The van der Waals surface area contributed by atoms with Gasteiger partial charge in [-0.15, -0.1) is 0 Å². The molecule has 1 saturated heterocycles. The van der Waals surface area contributed by atoms with E-state index in [9.17, 15) is 14.4 Å². The van der Waals surface area contributed by atoms with E-state index in [0.29, 0.717) is 34.4 Å². The van der Waals surface area contributed by atoms with Gasteiger partial charge < -0.3 is 24.5 Å². The van der Waals surface area contributed by atoms with E-state index < -0.39 is 0 Å². The molecule has 39 heavy (non-hydrogen) atoms. The molecule has 208 valence electrons. The number of ether oxygens (including phenoxy) is 1. The zero-order valence-electron chi connectivity index (χ0n) is 23.5. The number of rotatable bonds is 7. The van der Waals surface area contributed by atoms with Gasteiger partial charge in [-0.2, -0.15) is 0 Å².